The average Bonchev–Trinajstić information content (AvgIpc) is 3.35. The number of rotatable bonds is 8. The molecule has 4 rings (SSSR count). The van der Waals surface area contributed by atoms with Gasteiger partial charge in [-0.05, 0) is 92.5 Å². The van der Waals surface area contributed by atoms with Crippen LogP contribution in [0.5, 0.6) is 0 Å². The van der Waals surface area contributed by atoms with Crippen molar-refractivity contribution in [2.24, 2.45) is 10.7 Å². The Kier molecular flexibility index (Phi) is 8.58. The van der Waals surface area contributed by atoms with E-state index < -0.39 is 16.8 Å². The van der Waals surface area contributed by atoms with Crippen molar-refractivity contribution >= 4 is 45.6 Å². The van der Waals surface area contributed by atoms with E-state index in [-0.39, 0.29) is 5.96 Å². The van der Waals surface area contributed by atoms with Crippen molar-refractivity contribution in [3.63, 3.8) is 0 Å². The fourth-order valence-electron chi connectivity index (χ4n) is 4.22. The van der Waals surface area contributed by atoms with Crippen molar-refractivity contribution in [2.45, 2.75) is 24.7 Å². The number of hydrogen-bond acceptors (Lipinski definition) is 4. The van der Waals surface area contributed by atoms with Gasteiger partial charge in [-0.25, -0.2) is 18.3 Å². The first-order valence-electron chi connectivity index (χ1n) is 11.7. The number of aryl methyl sites for hydroxylation is 1. The third kappa shape index (κ3) is 6.41. The Morgan fingerprint density at radius 2 is 1.89 bits per heavy atom. The van der Waals surface area contributed by atoms with E-state index in [1.807, 2.05) is 6.92 Å². The molecule has 0 bridgehead atoms. The van der Waals surface area contributed by atoms with Crippen molar-refractivity contribution in [1.29, 1.82) is 0 Å². The minimum absolute atomic E-state index is 0.138. The summed E-state index contributed by atoms with van der Waals surface area (Å²) in [5.74, 6) is -0.288. The minimum atomic E-state index is -1.28. The Labute approximate surface area is 218 Å². The highest BCUT2D eigenvalue weighted by molar-refractivity contribution is 7.83. The van der Waals surface area contributed by atoms with Gasteiger partial charge in [0, 0.05) is 24.3 Å². The minimum Gasteiger partial charge on any atom is -0.397 e. The molecule has 0 amide bonds. The zero-order valence-corrected chi connectivity index (χ0v) is 21.6. The zero-order valence-electron chi connectivity index (χ0n) is 20.1. The molecule has 36 heavy (non-hydrogen) atoms. The second kappa shape index (κ2) is 11.8. The number of halogens is 2. The summed E-state index contributed by atoms with van der Waals surface area (Å²) in [5, 5.41) is 3.32. The molecule has 1 aliphatic heterocycles. The molecule has 1 saturated heterocycles. The largest absolute Gasteiger partial charge is 0.397 e. The van der Waals surface area contributed by atoms with Gasteiger partial charge >= 0.3 is 0 Å². The van der Waals surface area contributed by atoms with E-state index in [4.69, 9.17) is 23.1 Å². The molecular weight excluding hydrogens is 499 g/mol. The molecule has 1 unspecified atom stereocenters. The number of anilines is 2. The number of hydrogen-bond donors (Lipinski definition) is 4. The highest BCUT2D eigenvalue weighted by atomic mass is 35.5. The molecule has 190 valence electrons. The number of likely N-dealkylation sites (tertiary alicyclic amines) is 1. The molecule has 3 aromatic carbocycles. The van der Waals surface area contributed by atoms with Crippen LogP contribution in [0.15, 0.2) is 64.5 Å². The summed E-state index contributed by atoms with van der Waals surface area (Å²) in [7, 11) is -1.28. The Morgan fingerprint density at radius 1 is 1.17 bits per heavy atom. The predicted molar refractivity (Wildman–Crippen MR) is 147 cm³/mol. The summed E-state index contributed by atoms with van der Waals surface area (Å²) < 4.78 is 29.9. The lowest BCUT2D eigenvalue weighted by Crippen LogP contribution is -2.30. The van der Waals surface area contributed by atoms with E-state index in [0.717, 1.165) is 25.2 Å². The Hall–Kier alpha value is -2.98. The molecule has 1 fully saturated rings. The Morgan fingerprint density at radius 3 is 2.56 bits per heavy atom. The van der Waals surface area contributed by atoms with E-state index >= 15 is 0 Å². The number of nitrogen functional groups attached to an aromatic ring is 1. The maximum Gasteiger partial charge on any atom is 0.198 e. The standard InChI is InChI=1S/C26H30ClFN6OS/c1-17-15-18(24-21(27)5-4-6-22(24)28)16-23(29)25(17)33-26(30)32-19-7-9-20(10-8-19)36(35)31-11-14-34-12-2-3-13-34/h4-10,15-16,31H,2-3,11-14,29H2,1H3,(H3,30,32,33). The summed E-state index contributed by atoms with van der Waals surface area (Å²) in [5.41, 5.74) is 15.5. The first-order valence-corrected chi connectivity index (χ1v) is 13.3. The molecule has 0 aromatic heterocycles. The normalized spacial score (nSPS) is 15.2. The van der Waals surface area contributed by atoms with Gasteiger partial charge < -0.3 is 21.7 Å². The maximum absolute atomic E-state index is 14.3. The van der Waals surface area contributed by atoms with E-state index in [1.54, 1.807) is 48.5 Å². The lowest BCUT2D eigenvalue weighted by Gasteiger charge is -2.14. The molecule has 0 radical (unpaired) electrons. The molecular formula is C26H30ClFN6OS. The van der Waals surface area contributed by atoms with Crippen LogP contribution in [0.25, 0.3) is 11.1 Å². The number of nitrogens with one attached hydrogen (secondary N) is 2. The van der Waals surface area contributed by atoms with Gasteiger partial charge in [0.2, 0.25) is 0 Å². The number of nitrogens with two attached hydrogens (primary N) is 2. The highest BCUT2D eigenvalue weighted by Gasteiger charge is 2.14. The summed E-state index contributed by atoms with van der Waals surface area (Å²) in [4.78, 5) is 7.48. The Balaban J connectivity index is 1.40. The van der Waals surface area contributed by atoms with Crippen molar-refractivity contribution in [3.8, 4) is 11.1 Å². The van der Waals surface area contributed by atoms with Gasteiger partial charge in [-0.15, -0.1) is 0 Å². The van der Waals surface area contributed by atoms with E-state index in [2.05, 4.69) is 19.9 Å². The molecule has 3 aromatic rings. The summed E-state index contributed by atoms with van der Waals surface area (Å²) in [6.45, 7) is 5.63. The zero-order chi connectivity index (χ0) is 25.7. The summed E-state index contributed by atoms with van der Waals surface area (Å²) >= 11 is 6.20. The van der Waals surface area contributed by atoms with Crippen LogP contribution in [0.1, 0.15) is 18.4 Å². The molecule has 10 heteroatoms. The topological polar surface area (TPSA) is 109 Å². The van der Waals surface area contributed by atoms with Crippen LogP contribution in [0.3, 0.4) is 0 Å². The van der Waals surface area contributed by atoms with Gasteiger partial charge in [0.25, 0.3) is 0 Å². The van der Waals surface area contributed by atoms with Crippen LogP contribution in [0.2, 0.25) is 5.02 Å². The number of guanidine groups is 1. The lowest BCUT2D eigenvalue weighted by molar-refractivity contribution is 0.345. The smallest absolute Gasteiger partial charge is 0.198 e. The van der Waals surface area contributed by atoms with Gasteiger partial charge in [-0.1, -0.05) is 17.7 Å². The van der Waals surface area contributed by atoms with Crippen LogP contribution in [0.4, 0.5) is 21.5 Å². The third-order valence-corrected chi connectivity index (χ3v) is 7.50. The number of benzene rings is 3. The van der Waals surface area contributed by atoms with Gasteiger partial charge in [0.15, 0.2) is 5.96 Å². The molecule has 1 aliphatic rings. The van der Waals surface area contributed by atoms with Gasteiger partial charge in [0.1, 0.15) is 16.8 Å². The fraction of sp³-hybridized carbons (Fsp3) is 0.269. The number of aliphatic imine (C=N–C) groups is 1. The molecule has 0 aliphatic carbocycles. The molecule has 1 atom stereocenters. The van der Waals surface area contributed by atoms with Crippen LogP contribution < -0.4 is 21.5 Å². The second-order valence-corrected chi connectivity index (χ2v) is 10.4. The highest BCUT2D eigenvalue weighted by Crippen LogP contribution is 2.37. The predicted octanol–water partition coefficient (Wildman–Crippen LogP) is 4.80. The van der Waals surface area contributed by atoms with Crippen molar-refractivity contribution in [2.75, 3.05) is 37.2 Å². The third-order valence-electron chi connectivity index (χ3n) is 6.01. The van der Waals surface area contributed by atoms with Gasteiger partial charge in [-0.2, -0.15) is 0 Å². The molecule has 1 heterocycles. The Bertz CT molecular complexity index is 1230. The molecule has 7 nitrogen and oxygen atoms in total. The van der Waals surface area contributed by atoms with Gasteiger partial charge in [-0.3, -0.25) is 0 Å². The van der Waals surface area contributed by atoms with Crippen LogP contribution in [-0.2, 0) is 11.0 Å². The first-order chi connectivity index (χ1) is 17.3. The molecule has 0 spiro atoms. The SMILES string of the molecule is Cc1cc(-c2c(F)cccc2Cl)cc(N)c1N=C(N)Nc1ccc(S(=O)NCCN2CCCC2)cc1. The van der Waals surface area contributed by atoms with E-state index in [1.165, 1.54) is 18.9 Å². The van der Waals surface area contributed by atoms with Gasteiger partial charge in [0.05, 0.1) is 21.3 Å². The van der Waals surface area contributed by atoms with Crippen LogP contribution >= 0.6 is 11.6 Å². The second-order valence-electron chi connectivity index (χ2n) is 8.69. The monoisotopic (exact) mass is 528 g/mol. The number of nitrogens with zero attached hydrogens (tertiary/aromatic N) is 2. The van der Waals surface area contributed by atoms with Crippen molar-refractivity contribution in [3.05, 3.63) is 71.0 Å². The lowest BCUT2D eigenvalue weighted by atomic mass is 10.0. The van der Waals surface area contributed by atoms with Crippen LogP contribution in [-0.4, -0.2) is 41.2 Å². The maximum atomic E-state index is 14.3. The first kappa shape index (κ1) is 26.1. The van der Waals surface area contributed by atoms with Crippen molar-refractivity contribution < 1.29 is 8.60 Å². The quantitative estimate of drug-likeness (QED) is 0.191. The van der Waals surface area contributed by atoms with E-state index in [9.17, 15) is 8.60 Å². The van der Waals surface area contributed by atoms with Crippen LogP contribution in [0, 0.1) is 12.7 Å². The molecule has 6 N–H and O–H groups in total. The average molecular weight is 529 g/mol. The fourth-order valence-corrected chi connectivity index (χ4v) is 5.32. The van der Waals surface area contributed by atoms with Crippen molar-refractivity contribution in [1.82, 2.24) is 9.62 Å². The summed E-state index contributed by atoms with van der Waals surface area (Å²) in [6, 6.07) is 15.1. The summed E-state index contributed by atoms with van der Waals surface area (Å²) in [6.07, 6.45) is 2.48. The van der Waals surface area contributed by atoms with E-state index in [0.29, 0.717) is 44.7 Å². The molecule has 0 saturated carbocycles.